The third-order valence-electron chi connectivity index (χ3n) is 2.74. The highest BCUT2D eigenvalue weighted by Crippen LogP contribution is 2.34. The van der Waals surface area contributed by atoms with Crippen molar-refractivity contribution < 1.29 is 24.2 Å². The molecule has 3 N–H and O–H groups in total. The molecule has 0 unspecified atom stereocenters. The predicted molar refractivity (Wildman–Crippen MR) is 70.6 cm³/mol. The van der Waals surface area contributed by atoms with Gasteiger partial charge >= 0.3 is 11.9 Å². The number of carboxylic acids is 1. The molecule has 0 aliphatic heterocycles. The van der Waals surface area contributed by atoms with Crippen LogP contribution in [0.4, 0.5) is 0 Å². The molecule has 6 nitrogen and oxygen atoms in total. The summed E-state index contributed by atoms with van der Waals surface area (Å²) in [5, 5.41) is 9.08. The number of rotatable bonds is 9. The summed E-state index contributed by atoms with van der Waals surface area (Å²) >= 11 is 0. The Morgan fingerprint density at radius 2 is 1.63 bits per heavy atom. The number of esters is 1. The first kappa shape index (κ1) is 17.9. The number of carboxylic acid groups (broad SMARTS) is 1. The molecule has 0 aromatic heterocycles. The van der Waals surface area contributed by atoms with E-state index in [0.717, 1.165) is 0 Å². The number of aliphatic carboxylic acids is 1. The zero-order valence-electron chi connectivity index (χ0n) is 12.2. The van der Waals surface area contributed by atoms with Crippen LogP contribution in [0.5, 0.6) is 0 Å². The largest absolute Gasteiger partial charge is 0.481 e. The van der Waals surface area contributed by atoms with Crippen molar-refractivity contribution in [1.82, 2.24) is 0 Å². The Bertz CT molecular complexity index is 312. The fraction of sp³-hybridized carbons (Fsp3) is 0.846. The summed E-state index contributed by atoms with van der Waals surface area (Å²) in [6.07, 6.45) is 0.206. The lowest BCUT2D eigenvalue weighted by molar-refractivity contribution is -0.160. The minimum Gasteiger partial charge on any atom is -0.481 e. The lowest BCUT2D eigenvalue weighted by Gasteiger charge is -2.30. The number of ether oxygens (including phenoxy) is 2. The quantitative estimate of drug-likeness (QED) is 0.481. The van der Waals surface area contributed by atoms with Crippen molar-refractivity contribution in [1.29, 1.82) is 0 Å². The van der Waals surface area contributed by atoms with Gasteiger partial charge in [0.15, 0.2) is 0 Å². The van der Waals surface area contributed by atoms with Gasteiger partial charge in [-0.25, -0.2) is 0 Å². The van der Waals surface area contributed by atoms with Crippen molar-refractivity contribution in [2.45, 2.75) is 34.1 Å². The molecule has 0 atom stereocenters. The molecule has 6 heteroatoms. The molecule has 0 saturated heterocycles. The summed E-state index contributed by atoms with van der Waals surface area (Å²) in [5.41, 5.74) is 3.42. The first-order chi connectivity index (χ1) is 8.63. The Hall–Kier alpha value is -1.14. The highest BCUT2D eigenvalue weighted by atomic mass is 16.6. The van der Waals surface area contributed by atoms with Gasteiger partial charge < -0.3 is 20.3 Å². The minimum atomic E-state index is -0.974. The van der Waals surface area contributed by atoms with Gasteiger partial charge in [-0.1, -0.05) is 0 Å². The van der Waals surface area contributed by atoms with Gasteiger partial charge in [0.2, 0.25) is 0 Å². The van der Waals surface area contributed by atoms with Crippen LogP contribution in [0.3, 0.4) is 0 Å². The summed E-state index contributed by atoms with van der Waals surface area (Å²) in [5.74, 6) is -1.35. The van der Waals surface area contributed by atoms with Crippen molar-refractivity contribution >= 4 is 11.9 Å². The zero-order chi connectivity index (χ0) is 15.1. The summed E-state index contributed by atoms with van der Waals surface area (Å²) in [6.45, 7) is 7.83. The van der Waals surface area contributed by atoms with E-state index in [1.807, 2.05) is 0 Å². The van der Waals surface area contributed by atoms with Crippen LogP contribution in [0.2, 0.25) is 0 Å². The van der Waals surface area contributed by atoms with E-state index in [4.69, 9.17) is 20.3 Å². The van der Waals surface area contributed by atoms with Crippen molar-refractivity contribution in [2.75, 3.05) is 26.4 Å². The smallest absolute Gasteiger partial charge is 0.311 e. The first-order valence-corrected chi connectivity index (χ1v) is 6.32. The average Bonchev–Trinajstić information content (AvgIpc) is 2.26. The van der Waals surface area contributed by atoms with Gasteiger partial charge in [-0.3, -0.25) is 9.59 Å². The molecule has 0 aliphatic rings. The molecule has 0 radical (unpaired) electrons. The second-order valence-corrected chi connectivity index (χ2v) is 5.79. The standard InChI is InChI=1S/C13H25NO5/c1-12(2,10(15)16)9-13(3,4)11(17)19-8-7-18-6-5-14/h5-9,14H2,1-4H3,(H,15,16). The van der Waals surface area contributed by atoms with Crippen molar-refractivity contribution in [2.24, 2.45) is 16.6 Å². The van der Waals surface area contributed by atoms with Crippen LogP contribution in [0.25, 0.3) is 0 Å². The normalized spacial score (nSPS) is 12.3. The van der Waals surface area contributed by atoms with Crippen molar-refractivity contribution in [3.05, 3.63) is 0 Å². The van der Waals surface area contributed by atoms with Gasteiger partial charge in [0.25, 0.3) is 0 Å². The van der Waals surface area contributed by atoms with Crippen LogP contribution in [0.1, 0.15) is 34.1 Å². The van der Waals surface area contributed by atoms with E-state index in [1.54, 1.807) is 27.7 Å². The minimum absolute atomic E-state index is 0.149. The van der Waals surface area contributed by atoms with Gasteiger partial charge in [0.1, 0.15) is 6.61 Å². The third kappa shape index (κ3) is 6.54. The monoisotopic (exact) mass is 275 g/mol. The van der Waals surface area contributed by atoms with Crippen LogP contribution in [0.15, 0.2) is 0 Å². The molecule has 0 bridgehead atoms. The summed E-state index contributed by atoms with van der Waals surface area (Å²) in [6, 6.07) is 0. The van der Waals surface area contributed by atoms with Gasteiger partial charge in [-0.2, -0.15) is 0 Å². The maximum absolute atomic E-state index is 11.9. The molecule has 0 fully saturated rings. The van der Waals surface area contributed by atoms with Crippen LogP contribution in [0, 0.1) is 10.8 Å². The van der Waals surface area contributed by atoms with Crippen molar-refractivity contribution in [3.8, 4) is 0 Å². The summed E-state index contributed by atoms with van der Waals surface area (Å²) < 4.78 is 10.2. The molecular weight excluding hydrogens is 250 g/mol. The molecule has 0 aromatic carbocycles. The first-order valence-electron chi connectivity index (χ1n) is 6.32. The topological polar surface area (TPSA) is 98.9 Å². The second-order valence-electron chi connectivity index (χ2n) is 5.79. The Labute approximate surface area is 114 Å². The number of carbonyl (C=O) groups is 2. The molecule has 0 rings (SSSR count). The van der Waals surface area contributed by atoms with Crippen LogP contribution >= 0.6 is 0 Å². The second kappa shape index (κ2) is 7.45. The van der Waals surface area contributed by atoms with Crippen LogP contribution in [-0.2, 0) is 19.1 Å². The third-order valence-corrected chi connectivity index (χ3v) is 2.74. The summed E-state index contributed by atoms with van der Waals surface area (Å²) in [4.78, 5) is 23.0. The fourth-order valence-electron chi connectivity index (χ4n) is 1.83. The molecule has 0 amide bonds. The highest BCUT2D eigenvalue weighted by molar-refractivity contribution is 5.79. The SMILES string of the molecule is CC(C)(CC(C)(C)C(=O)OCCOCCN)C(=O)O. The number of hydrogen-bond acceptors (Lipinski definition) is 5. The Kier molecular flexibility index (Phi) is 7.00. The summed E-state index contributed by atoms with van der Waals surface area (Å²) in [7, 11) is 0. The molecule has 0 aromatic rings. The molecule has 0 saturated carbocycles. The molecule has 0 heterocycles. The van der Waals surface area contributed by atoms with Gasteiger partial charge in [-0.15, -0.1) is 0 Å². The highest BCUT2D eigenvalue weighted by Gasteiger charge is 2.39. The number of nitrogens with two attached hydrogens (primary N) is 1. The Balaban J connectivity index is 4.25. The lowest BCUT2D eigenvalue weighted by Crippen LogP contribution is -2.36. The zero-order valence-corrected chi connectivity index (χ0v) is 12.2. The van der Waals surface area contributed by atoms with Gasteiger partial charge in [0, 0.05) is 6.54 Å². The number of hydrogen-bond donors (Lipinski definition) is 2. The van der Waals surface area contributed by atoms with Gasteiger partial charge in [0.05, 0.1) is 24.0 Å². The van der Waals surface area contributed by atoms with Crippen molar-refractivity contribution in [3.63, 3.8) is 0 Å². The fourth-order valence-corrected chi connectivity index (χ4v) is 1.83. The predicted octanol–water partition coefficient (Wildman–Crippen LogP) is 1.03. The maximum Gasteiger partial charge on any atom is 0.311 e. The lowest BCUT2D eigenvalue weighted by atomic mass is 9.75. The van der Waals surface area contributed by atoms with Crippen LogP contribution < -0.4 is 5.73 Å². The van der Waals surface area contributed by atoms with E-state index in [9.17, 15) is 9.59 Å². The molecule has 0 aliphatic carbocycles. The average molecular weight is 275 g/mol. The van der Waals surface area contributed by atoms with E-state index in [0.29, 0.717) is 19.8 Å². The molecule has 0 spiro atoms. The molecular formula is C13H25NO5. The van der Waals surface area contributed by atoms with Gasteiger partial charge in [-0.05, 0) is 34.1 Å². The number of carbonyl (C=O) groups excluding carboxylic acids is 1. The van der Waals surface area contributed by atoms with Crippen LogP contribution in [-0.4, -0.2) is 43.4 Å². The molecule has 112 valence electrons. The van der Waals surface area contributed by atoms with E-state index in [2.05, 4.69) is 0 Å². The molecule has 19 heavy (non-hydrogen) atoms. The maximum atomic E-state index is 11.9. The van der Waals surface area contributed by atoms with E-state index < -0.39 is 22.8 Å². The Morgan fingerprint density at radius 3 is 2.11 bits per heavy atom. The Morgan fingerprint density at radius 1 is 1.05 bits per heavy atom. The van der Waals surface area contributed by atoms with E-state index in [-0.39, 0.29) is 13.0 Å². The van der Waals surface area contributed by atoms with E-state index in [1.165, 1.54) is 0 Å². The van der Waals surface area contributed by atoms with E-state index >= 15 is 0 Å².